The largest absolute Gasteiger partial charge is 0.381 e. The third-order valence-electron chi connectivity index (χ3n) is 2.94. The summed E-state index contributed by atoms with van der Waals surface area (Å²) in [6.45, 7) is 0. The molecule has 1 N–H and O–H groups in total. The molecule has 0 atom stereocenters. The highest BCUT2D eigenvalue weighted by molar-refractivity contribution is 6.30. The van der Waals surface area contributed by atoms with Gasteiger partial charge in [-0.25, -0.2) is 0 Å². The van der Waals surface area contributed by atoms with Gasteiger partial charge in [-0.1, -0.05) is 11.6 Å². The molecule has 92 valence electrons. The maximum atomic E-state index is 10.9. The summed E-state index contributed by atoms with van der Waals surface area (Å²) in [7, 11) is 1.67. The summed E-state index contributed by atoms with van der Waals surface area (Å²) in [6, 6.07) is 4.88. The van der Waals surface area contributed by atoms with Gasteiger partial charge >= 0.3 is 0 Å². The van der Waals surface area contributed by atoms with Crippen molar-refractivity contribution in [1.29, 1.82) is 0 Å². The minimum atomic E-state index is -0.430. The molecular formula is C11H13ClN2O3. The number of methoxy groups -OCH3 is 1. The Bertz CT molecular complexity index is 433. The molecule has 17 heavy (non-hydrogen) atoms. The second-order valence-corrected chi connectivity index (χ2v) is 4.53. The second kappa shape index (κ2) is 4.89. The topological polar surface area (TPSA) is 64.4 Å². The lowest BCUT2D eigenvalue weighted by Gasteiger charge is -2.35. The Morgan fingerprint density at radius 1 is 1.53 bits per heavy atom. The third-order valence-corrected chi connectivity index (χ3v) is 3.18. The van der Waals surface area contributed by atoms with E-state index in [0.29, 0.717) is 10.7 Å². The zero-order valence-electron chi connectivity index (χ0n) is 9.35. The molecule has 1 aromatic carbocycles. The van der Waals surface area contributed by atoms with Crippen molar-refractivity contribution in [2.75, 3.05) is 12.4 Å². The molecule has 1 aliphatic rings. The molecule has 0 bridgehead atoms. The van der Waals surface area contributed by atoms with E-state index in [4.69, 9.17) is 16.3 Å². The summed E-state index contributed by atoms with van der Waals surface area (Å²) >= 11 is 5.74. The van der Waals surface area contributed by atoms with Crippen LogP contribution in [0.1, 0.15) is 12.8 Å². The number of rotatable bonds is 4. The number of halogens is 1. The number of benzene rings is 1. The van der Waals surface area contributed by atoms with E-state index in [-0.39, 0.29) is 17.8 Å². The van der Waals surface area contributed by atoms with Crippen molar-refractivity contribution in [3.05, 3.63) is 33.3 Å². The van der Waals surface area contributed by atoms with Gasteiger partial charge in [0.15, 0.2) is 0 Å². The first kappa shape index (κ1) is 12.1. The number of hydrogen-bond donors (Lipinski definition) is 1. The summed E-state index contributed by atoms with van der Waals surface area (Å²) in [5, 5.41) is 14.4. The number of hydrogen-bond acceptors (Lipinski definition) is 4. The fraction of sp³-hybridized carbons (Fsp3) is 0.455. The Balaban J connectivity index is 2.08. The van der Waals surface area contributed by atoms with Gasteiger partial charge in [0.05, 0.1) is 11.0 Å². The number of nitrogens with zero attached hydrogens (tertiary/aromatic N) is 1. The predicted molar refractivity (Wildman–Crippen MR) is 65.5 cm³/mol. The zero-order valence-corrected chi connectivity index (χ0v) is 10.1. The van der Waals surface area contributed by atoms with Gasteiger partial charge in [-0.3, -0.25) is 10.1 Å². The lowest BCUT2D eigenvalue weighted by molar-refractivity contribution is -0.384. The average molecular weight is 257 g/mol. The molecule has 2 rings (SSSR count). The predicted octanol–water partition coefficient (Wildman–Crippen LogP) is 2.84. The summed E-state index contributed by atoms with van der Waals surface area (Å²) in [5.41, 5.74) is 0.525. The number of ether oxygens (including phenoxy) is 1. The number of nitro benzene ring substituents is 1. The first-order chi connectivity index (χ1) is 8.10. The lowest BCUT2D eigenvalue weighted by Crippen LogP contribution is -2.40. The molecule has 0 heterocycles. The summed E-state index contributed by atoms with van der Waals surface area (Å²) < 4.78 is 5.16. The highest BCUT2D eigenvalue weighted by atomic mass is 35.5. The summed E-state index contributed by atoms with van der Waals surface area (Å²) in [4.78, 5) is 10.4. The van der Waals surface area contributed by atoms with Gasteiger partial charge in [0.25, 0.3) is 5.69 Å². The first-order valence-electron chi connectivity index (χ1n) is 5.33. The Morgan fingerprint density at radius 3 is 2.82 bits per heavy atom. The van der Waals surface area contributed by atoms with Crippen LogP contribution in [0.25, 0.3) is 0 Å². The van der Waals surface area contributed by atoms with Crippen molar-refractivity contribution in [3.63, 3.8) is 0 Å². The second-order valence-electron chi connectivity index (χ2n) is 4.09. The molecule has 1 fully saturated rings. The summed E-state index contributed by atoms with van der Waals surface area (Å²) in [5.74, 6) is 0. The Kier molecular flexibility index (Phi) is 3.49. The molecule has 1 aliphatic carbocycles. The highest BCUT2D eigenvalue weighted by Gasteiger charge is 2.30. The first-order valence-corrected chi connectivity index (χ1v) is 5.71. The van der Waals surface area contributed by atoms with Gasteiger partial charge in [-0.05, 0) is 25.0 Å². The molecule has 1 saturated carbocycles. The lowest BCUT2D eigenvalue weighted by atomic mass is 9.89. The third kappa shape index (κ3) is 2.68. The van der Waals surface area contributed by atoms with E-state index in [2.05, 4.69) is 5.32 Å². The summed E-state index contributed by atoms with van der Waals surface area (Å²) in [6.07, 6.45) is 2.01. The molecule has 5 nitrogen and oxygen atoms in total. The van der Waals surface area contributed by atoms with E-state index in [1.165, 1.54) is 6.07 Å². The molecule has 0 radical (unpaired) electrons. The van der Waals surface area contributed by atoms with E-state index in [0.717, 1.165) is 12.8 Å². The monoisotopic (exact) mass is 256 g/mol. The number of nitrogens with one attached hydrogen (secondary N) is 1. The van der Waals surface area contributed by atoms with E-state index in [1.54, 1.807) is 19.2 Å². The van der Waals surface area contributed by atoms with Crippen LogP contribution in [0.3, 0.4) is 0 Å². The standard InChI is InChI=1S/C11H13ClN2O3/c1-17-9-5-8(6-9)13-10-3-2-7(12)4-11(10)14(15)16/h2-4,8-9,13H,5-6H2,1H3. The molecule has 1 aromatic rings. The normalized spacial score (nSPS) is 22.9. The van der Waals surface area contributed by atoms with Gasteiger partial charge < -0.3 is 10.1 Å². The van der Waals surface area contributed by atoms with Crippen LogP contribution in [0.4, 0.5) is 11.4 Å². The van der Waals surface area contributed by atoms with Crippen molar-refractivity contribution >= 4 is 23.0 Å². The van der Waals surface area contributed by atoms with Crippen LogP contribution < -0.4 is 5.32 Å². The highest BCUT2D eigenvalue weighted by Crippen LogP contribution is 2.32. The van der Waals surface area contributed by atoms with Crippen molar-refractivity contribution in [2.24, 2.45) is 0 Å². The van der Waals surface area contributed by atoms with Gasteiger partial charge in [0.2, 0.25) is 0 Å². The van der Waals surface area contributed by atoms with Crippen LogP contribution in [0.5, 0.6) is 0 Å². The zero-order chi connectivity index (χ0) is 12.4. The van der Waals surface area contributed by atoms with Crippen molar-refractivity contribution in [3.8, 4) is 0 Å². The number of anilines is 1. The molecule has 0 amide bonds. The molecule has 0 aliphatic heterocycles. The van der Waals surface area contributed by atoms with Gasteiger partial charge in [0, 0.05) is 24.2 Å². The maximum absolute atomic E-state index is 10.9. The molecule has 0 unspecified atom stereocenters. The molecule has 0 aromatic heterocycles. The Hall–Kier alpha value is -1.33. The van der Waals surface area contributed by atoms with Crippen LogP contribution in [0, 0.1) is 10.1 Å². The van der Waals surface area contributed by atoms with Crippen LogP contribution in [0.2, 0.25) is 5.02 Å². The van der Waals surface area contributed by atoms with Gasteiger partial charge in [-0.2, -0.15) is 0 Å². The van der Waals surface area contributed by atoms with Crippen molar-refractivity contribution < 1.29 is 9.66 Å². The minimum absolute atomic E-state index is 0.0124. The van der Waals surface area contributed by atoms with E-state index >= 15 is 0 Å². The fourth-order valence-electron chi connectivity index (χ4n) is 1.87. The molecule has 0 saturated heterocycles. The van der Waals surface area contributed by atoms with Crippen molar-refractivity contribution in [1.82, 2.24) is 0 Å². The van der Waals surface area contributed by atoms with Crippen LogP contribution >= 0.6 is 11.6 Å². The van der Waals surface area contributed by atoms with Gasteiger partial charge in [0.1, 0.15) is 5.69 Å². The molecular weight excluding hydrogens is 244 g/mol. The van der Waals surface area contributed by atoms with Gasteiger partial charge in [-0.15, -0.1) is 0 Å². The van der Waals surface area contributed by atoms with E-state index in [9.17, 15) is 10.1 Å². The van der Waals surface area contributed by atoms with E-state index < -0.39 is 4.92 Å². The fourth-order valence-corrected chi connectivity index (χ4v) is 2.04. The van der Waals surface area contributed by atoms with Crippen LogP contribution in [-0.4, -0.2) is 24.2 Å². The Morgan fingerprint density at radius 2 is 2.24 bits per heavy atom. The molecule has 6 heteroatoms. The quantitative estimate of drug-likeness (QED) is 0.665. The smallest absolute Gasteiger partial charge is 0.293 e. The number of nitro groups is 1. The average Bonchev–Trinajstić information content (AvgIpc) is 2.24. The maximum Gasteiger partial charge on any atom is 0.293 e. The molecule has 0 spiro atoms. The van der Waals surface area contributed by atoms with Crippen LogP contribution in [0.15, 0.2) is 18.2 Å². The minimum Gasteiger partial charge on any atom is -0.381 e. The van der Waals surface area contributed by atoms with Crippen molar-refractivity contribution in [2.45, 2.75) is 25.0 Å². The van der Waals surface area contributed by atoms with Crippen LogP contribution in [-0.2, 0) is 4.74 Å². The Labute approximate surface area is 104 Å². The van der Waals surface area contributed by atoms with E-state index in [1.807, 2.05) is 0 Å². The SMILES string of the molecule is COC1CC(Nc2ccc(Cl)cc2[N+](=O)[O-])C1.